The molecule has 28 heavy (non-hydrogen) atoms. The van der Waals surface area contributed by atoms with Crippen molar-refractivity contribution in [3.63, 3.8) is 0 Å². The molecule has 9 nitrogen and oxygen atoms in total. The Morgan fingerprint density at radius 2 is 1.50 bits per heavy atom. The van der Waals surface area contributed by atoms with Crippen molar-refractivity contribution in [1.82, 2.24) is 5.32 Å². The molecule has 0 spiro atoms. The van der Waals surface area contributed by atoms with Crippen LogP contribution < -0.4 is 40.2 Å². The summed E-state index contributed by atoms with van der Waals surface area (Å²) in [6, 6.07) is 0. The molecule has 15 heteroatoms. The number of aromatic carboxylic acids is 1. The summed E-state index contributed by atoms with van der Waals surface area (Å²) in [4.78, 5) is 33.9. The molecule has 0 unspecified atom stereocenters. The predicted molar refractivity (Wildman–Crippen MR) is 132 cm³/mol. The number of rotatable bonds is 5. The summed E-state index contributed by atoms with van der Waals surface area (Å²) >= 11 is 7.39. The van der Waals surface area contributed by atoms with Crippen LogP contribution in [0.25, 0.3) is 0 Å². The van der Waals surface area contributed by atoms with E-state index in [9.17, 15) is 32.5 Å². The number of nitrogens with one attached hydrogen (secondary N) is 2. The summed E-state index contributed by atoms with van der Waals surface area (Å²) < 4.78 is 29.7. The minimum absolute atomic E-state index is 0. The maximum atomic E-state index is 11.5. The Morgan fingerprint density at radius 1 is 1.04 bits per heavy atom. The second kappa shape index (κ2) is 14.5. The molecule has 2 amide bonds. The number of halogens is 4. The van der Waals surface area contributed by atoms with E-state index in [2.05, 4.69) is 10.6 Å². The predicted octanol–water partition coefficient (Wildman–Crippen LogP) is -0.279. The van der Waals surface area contributed by atoms with Crippen molar-refractivity contribution in [2.75, 3.05) is 9.08 Å². The molecule has 1 aromatic carbocycles. The Balaban J connectivity index is 0. The van der Waals surface area contributed by atoms with Crippen molar-refractivity contribution in [3.8, 4) is 0 Å². The molecule has 152 valence electrons. The van der Waals surface area contributed by atoms with Gasteiger partial charge in [0.2, 0.25) is 11.8 Å². The Morgan fingerprint density at radius 3 is 1.82 bits per heavy atom. The summed E-state index contributed by atoms with van der Waals surface area (Å²) in [7, 11) is -3.93. The summed E-state index contributed by atoms with van der Waals surface area (Å²) in [5.41, 5.74) is 1.26. The minimum Gasteiger partial charge on any atom is -0.747 e. The van der Waals surface area contributed by atoms with Gasteiger partial charge < -0.3 is 20.3 Å². The number of benzene rings is 1. The number of amides is 2. The molecular weight excluding hydrogens is 859 g/mol. The second-order valence-electron chi connectivity index (χ2n) is 4.73. The van der Waals surface area contributed by atoms with E-state index in [1.807, 2.05) is 67.8 Å². The number of hydrogen-bond acceptors (Lipinski definition) is 6. The number of hydrogen-bond donors (Lipinski definition) is 3. The number of anilines is 1. The molecule has 0 saturated heterocycles. The van der Waals surface area contributed by atoms with Gasteiger partial charge >= 0.3 is 35.5 Å². The van der Waals surface area contributed by atoms with Crippen LogP contribution in [0.1, 0.15) is 29.8 Å². The molecule has 0 fully saturated rings. The summed E-state index contributed by atoms with van der Waals surface area (Å²) in [5.74, 6) is -1.57. The molecule has 0 aliphatic heterocycles. The largest absolute Gasteiger partial charge is 1.00 e. The van der Waals surface area contributed by atoms with Crippen LogP contribution in [0.4, 0.5) is 5.69 Å². The molecule has 0 aromatic heterocycles. The van der Waals surface area contributed by atoms with Gasteiger partial charge in [-0.15, -0.1) is 0 Å². The van der Waals surface area contributed by atoms with Crippen LogP contribution in [0.3, 0.4) is 0 Å². The number of alkyl halides is 1. The normalized spacial score (nSPS) is 10.1. The van der Waals surface area contributed by atoms with E-state index in [-0.39, 0.29) is 57.2 Å². The average molecular weight is 872 g/mol. The van der Waals surface area contributed by atoms with E-state index in [0.717, 1.165) is 3.57 Å². The first-order chi connectivity index (χ1) is 12.2. The Labute approximate surface area is 238 Å². The Hall–Kier alpha value is 1.46. The van der Waals surface area contributed by atoms with Gasteiger partial charge in [-0.2, -0.15) is 0 Å². The van der Waals surface area contributed by atoms with Gasteiger partial charge in [0, 0.05) is 33.1 Å². The average Bonchev–Trinajstić information content (AvgIpc) is 2.50. The fourth-order valence-electron chi connectivity index (χ4n) is 1.56. The van der Waals surface area contributed by atoms with Crippen molar-refractivity contribution in [2.45, 2.75) is 20.4 Å². The SMILES string of the molecule is CC(=O)NCc1c(I)c(NC(C)=O)c(I)c(C(=O)O)c1I.O=S(=O)([O-])CI.[Na+]. The molecule has 0 heterocycles. The van der Waals surface area contributed by atoms with E-state index in [1.165, 1.54) is 36.4 Å². The van der Waals surface area contributed by atoms with Crippen LogP contribution in [-0.4, -0.2) is 39.6 Å². The molecule has 0 bridgehead atoms. The molecule has 3 N–H and O–H groups in total. The fraction of sp³-hybridized carbons (Fsp3) is 0.308. The van der Waals surface area contributed by atoms with Crippen molar-refractivity contribution in [3.05, 3.63) is 21.8 Å². The fourth-order valence-corrected chi connectivity index (χ4v) is 5.84. The maximum absolute atomic E-state index is 11.5. The molecule has 0 saturated carbocycles. The van der Waals surface area contributed by atoms with Gasteiger partial charge in [-0.3, -0.25) is 9.59 Å². The molecule has 0 radical (unpaired) electrons. The van der Waals surface area contributed by atoms with Crippen molar-refractivity contribution >= 4 is 124 Å². The first-order valence-corrected chi connectivity index (χ1v) is 13.0. The van der Waals surface area contributed by atoms with Crippen LogP contribution in [0.15, 0.2) is 0 Å². The van der Waals surface area contributed by atoms with Gasteiger partial charge in [0.05, 0.1) is 18.6 Å². The van der Waals surface area contributed by atoms with Crippen LogP contribution >= 0.6 is 90.4 Å². The molecule has 1 rings (SSSR count). The van der Waals surface area contributed by atoms with E-state index >= 15 is 0 Å². The van der Waals surface area contributed by atoms with Crippen LogP contribution in [0.2, 0.25) is 0 Å². The third-order valence-electron chi connectivity index (χ3n) is 2.57. The topological polar surface area (TPSA) is 153 Å². The second-order valence-corrected chi connectivity index (χ2v) is 11.2. The summed E-state index contributed by atoms with van der Waals surface area (Å²) in [5, 5.41) is 14.7. The smallest absolute Gasteiger partial charge is 0.747 e. The quantitative estimate of drug-likeness (QED) is 0.160. The Bertz CT molecular complexity index is 865. The number of carbonyl (C=O) groups excluding carboxylic acids is 2. The number of carbonyl (C=O) groups is 3. The zero-order valence-corrected chi connectivity index (χ0v) is 26.2. The molecule has 1 aromatic rings. The monoisotopic (exact) mass is 872 g/mol. The van der Waals surface area contributed by atoms with E-state index in [4.69, 9.17) is 0 Å². The molecular formula is C13H13I4N2NaO7S. The van der Waals surface area contributed by atoms with Crippen molar-refractivity contribution in [1.29, 1.82) is 0 Å². The number of carboxylic acids is 1. The van der Waals surface area contributed by atoms with Gasteiger partial charge in [-0.25, -0.2) is 13.2 Å². The maximum Gasteiger partial charge on any atom is 1.00 e. The standard InChI is InChI=1S/C12H11I3N2O4.CH3IO3S.Na/c1-4(18)16-3-6-8(13)7(12(20)21)10(15)11(9(6)14)17-5(2)19;2-1-6(3,4)5;/h3H2,1-2H3,(H,16,18)(H,17,19)(H,20,21);1H2,(H,3,4,5);/q;;+1/p-1. The molecule has 0 atom stereocenters. The van der Waals surface area contributed by atoms with Crippen LogP contribution in [-0.2, 0) is 26.3 Å². The first-order valence-electron chi connectivity index (χ1n) is 6.67. The van der Waals surface area contributed by atoms with E-state index in [0.29, 0.717) is 18.4 Å². The summed E-state index contributed by atoms with van der Waals surface area (Å²) in [6.07, 6.45) is 0. The van der Waals surface area contributed by atoms with Gasteiger partial charge in [0.15, 0.2) is 0 Å². The third-order valence-corrected chi connectivity index (χ3v) is 8.59. The summed E-state index contributed by atoms with van der Waals surface area (Å²) in [6.45, 7) is 2.95. The van der Waals surface area contributed by atoms with E-state index in [1.54, 1.807) is 0 Å². The van der Waals surface area contributed by atoms with Gasteiger partial charge in [-0.1, -0.05) is 22.6 Å². The van der Waals surface area contributed by atoms with Gasteiger partial charge in [-0.05, 0) is 67.8 Å². The Kier molecular flexibility index (Phi) is 16.4. The zero-order valence-electron chi connectivity index (χ0n) is 14.7. The van der Waals surface area contributed by atoms with Crippen molar-refractivity contribution < 1.29 is 62.0 Å². The van der Waals surface area contributed by atoms with Crippen LogP contribution in [0.5, 0.6) is 0 Å². The number of carboxylic acid groups (broad SMARTS) is 1. The third kappa shape index (κ3) is 11.2. The zero-order chi connectivity index (χ0) is 21.5. The van der Waals surface area contributed by atoms with E-state index < -0.39 is 16.1 Å². The molecule has 0 aliphatic rings. The molecule has 0 aliphatic carbocycles. The van der Waals surface area contributed by atoms with Gasteiger partial charge in [0.1, 0.15) is 10.1 Å². The van der Waals surface area contributed by atoms with Gasteiger partial charge in [0.25, 0.3) is 0 Å². The van der Waals surface area contributed by atoms with Crippen LogP contribution in [0, 0.1) is 10.7 Å². The van der Waals surface area contributed by atoms with Crippen molar-refractivity contribution in [2.24, 2.45) is 0 Å². The minimum atomic E-state index is -3.93. The first kappa shape index (κ1) is 31.6.